The van der Waals surface area contributed by atoms with Gasteiger partial charge in [0, 0.05) is 32.8 Å². The second kappa shape index (κ2) is 12.6. The average molecular weight is 712 g/mol. The molecule has 5 nitrogen and oxygen atoms in total. The van der Waals surface area contributed by atoms with Gasteiger partial charge in [-0.05, 0) is 76.0 Å². The number of pyridine rings is 1. The van der Waals surface area contributed by atoms with E-state index in [1.54, 1.807) is 6.07 Å². The van der Waals surface area contributed by atoms with Crippen LogP contribution in [0.2, 0.25) is 0 Å². The summed E-state index contributed by atoms with van der Waals surface area (Å²) in [5.41, 5.74) is 12.4. The van der Waals surface area contributed by atoms with Crippen LogP contribution in [0.5, 0.6) is 5.75 Å². The maximum absolute atomic E-state index is 11.3. The highest BCUT2D eigenvalue weighted by Crippen LogP contribution is 2.42. The van der Waals surface area contributed by atoms with E-state index in [4.69, 9.17) is 14.4 Å². The lowest BCUT2D eigenvalue weighted by Gasteiger charge is -2.23. The minimum atomic E-state index is -0.0454. The maximum Gasteiger partial charge on any atom is 0.153 e. The summed E-state index contributed by atoms with van der Waals surface area (Å²) >= 11 is 0. The van der Waals surface area contributed by atoms with Crippen LogP contribution >= 0.6 is 0 Å². The first-order chi connectivity index (χ1) is 26.8. The first kappa shape index (κ1) is 32.7. The Hall–Kier alpha value is -6.98. The molecule has 0 bridgehead atoms. The van der Waals surface area contributed by atoms with Crippen LogP contribution in [0.1, 0.15) is 26.3 Å². The molecule has 10 rings (SSSR count). The third-order valence-electron chi connectivity index (χ3n) is 10.7. The number of aromatic nitrogens is 3. The molecule has 7 aromatic carbocycles. The minimum absolute atomic E-state index is 0.0454. The van der Waals surface area contributed by atoms with Gasteiger partial charge in [0.25, 0.3) is 0 Å². The Balaban J connectivity index is 1.17. The standard InChI is InChI=1S/C50H37N3O2/c1-50(2,3)35-24-26-43(40(28-35)31-13-5-4-6-14-31)53-44-21-12-20-36(47(44)52-49(53)39-19-9-10-22-45(39)54)33-16-11-17-34(27-33)42-29-41-38-25-23-32-15-7-8-18-37(32)48(38)55-46(41)30-51-42/h4-30,54H,1-3H3. The Kier molecular flexibility index (Phi) is 7.46. The van der Waals surface area contributed by atoms with Crippen LogP contribution in [-0.4, -0.2) is 19.6 Å². The van der Waals surface area contributed by atoms with Crippen molar-refractivity contribution in [2.24, 2.45) is 0 Å². The summed E-state index contributed by atoms with van der Waals surface area (Å²) in [6.45, 7) is 6.72. The summed E-state index contributed by atoms with van der Waals surface area (Å²) in [6.07, 6.45) is 1.84. The number of hydrogen-bond donors (Lipinski definition) is 1. The first-order valence-corrected chi connectivity index (χ1v) is 18.6. The van der Waals surface area contributed by atoms with Gasteiger partial charge in [0.15, 0.2) is 5.58 Å². The van der Waals surface area contributed by atoms with Crippen LogP contribution in [-0.2, 0) is 5.41 Å². The first-order valence-electron chi connectivity index (χ1n) is 18.6. The van der Waals surface area contributed by atoms with Gasteiger partial charge in [0.2, 0.25) is 0 Å². The molecule has 3 heterocycles. The fourth-order valence-electron chi connectivity index (χ4n) is 7.88. The molecule has 0 amide bonds. The number of phenolic OH excluding ortho intramolecular Hbond substituents is 1. The topological polar surface area (TPSA) is 64.1 Å². The maximum atomic E-state index is 11.3. The van der Waals surface area contributed by atoms with E-state index in [0.717, 1.165) is 82.9 Å². The van der Waals surface area contributed by atoms with Gasteiger partial charge in [-0.15, -0.1) is 0 Å². The summed E-state index contributed by atoms with van der Waals surface area (Å²) < 4.78 is 8.57. The molecule has 0 radical (unpaired) electrons. The molecule has 0 aliphatic heterocycles. The lowest BCUT2D eigenvalue weighted by Crippen LogP contribution is -2.12. The Morgan fingerprint density at radius 1 is 0.582 bits per heavy atom. The monoisotopic (exact) mass is 711 g/mol. The predicted octanol–water partition coefficient (Wildman–Crippen LogP) is 13.1. The minimum Gasteiger partial charge on any atom is -0.507 e. The zero-order valence-electron chi connectivity index (χ0n) is 30.8. The highest BCUT2D eigenvalue weighted by Gasteiger charge is 2.24. The van der Waals surface area contributed by atoms with Crippen molar-refractivity contribution in [1.82, 2.24) is 14.5 Å². The van der Waals surface area contributed by atoms with Crippen molar-refractivity contribution in [3.8, 4) is 56.3 Å². The zero-order valence-corrected chi connectivity index (χ0v) is 30.8. The second-order valence-electron chi connectivity index (χ2n) is 15.2. The largest absolute Gasteiger partial charge is 0.507 e. The summed E-state index contributed by atoms with van der Waals surface area (Å²) in [5.74, 6) is 0.847. The molecule has 0 saturated carbocycles. The van der Waals surface area contributed by atoms with E-state index >= 15 is 0 Å². The van der Waals surface area contributed by atoms with E-state index in [9.17, 15) is 5.11 Å². The van der Waals surface area contributed by atoms with E-state index in [1.807, 2.05) is 42.6 Å². The van der Waals surface area contributed by atoms with Crippen molar-refractivity contribution in [2.75, 3.05) is 0 Å². The zero-order chi connectivity index (χ0) is 37.3. The second-order valence-corrected chi connectivity index (χ2v) is 15.2. The normalized spacial score (nSPS) is 12.0. The number of imidazole rings is 1. The number of para-hydroxylation sites is 2. The number of rotatable bonds is 5. The summed E-state index contributed by atoms with van der Waals surface area (Å²) in [4.78, 5) is 10.3. The molecule has 0 atom stereocenters. The Labute approximate surface area is 318 Å². The molecule has 3 aromatic heterocycles. The van der Waals surface area contributed by atoms with Crippen molar-refractivity contribution >= 4 is 43.7 Å². The van der Waals surface area contributed by atoms with Crippen molar-refractivity contribution in [2.45, 2.75) is 26.2 Å². The quantitative estimate of drug-likeness (QED) is 0.193. The van der Waals surface area contributed by atoms with Gasteiger partial charge in [-0.1, -0.05) is 130 Å². The molecule has 0 aliphatic carbocycles. The lowest BCUT2D eigenvalue weighted by molar-refractivity contribution is 0.477. The number of furan rings is 1. The molecule has 0 unspecified atom stereocenters. The number of nitrogens with zero attached hydrogens (tertiary/aromatic N) is 3. The molecular weight excluding hydrogens is 675 g/mol. The SMILES string of the molecule is CC(C)(C)c1ccc(-n2c(-c3ccccc3O)nc3c(-c4cccc(-c5cc6c(cn5)oc5c7ccccc7ccc65)c4)cccc32)c(-c2ccccc2)c1. The third-order valence-corrected chi connectivity index (χ3v) is 10.7. The van der Waals surface area contributed by atoms with Crippen LogP contribution in [0.4, 0.5) is 0 Å². The van der Waals surface area contributed by atoms with Gasteiger partial charge >= 0.3 is 0 Å². The number of aromatic hydroxyl groups is 1. The molecule has 10 aromatic rings. The van der Waals surface area contributed by atoms with Gasteiger partial charge in [0.1, 0.15) is 17.2 Å². The van der Waals surface area contributed by atoms with Crippen LogP contribution in [0.15, 0.2) is 168 Å². The van der Waals surface area contributed by atoms with E-state index in [1.165, 1.54) is 5.56 Å². The number of fused-ring (bicyclic) bond motifs is 6. The van der Waals surface area contributed by atoms with Crippen molar-refractivity contribution in [1.29, 1.82) is 0 Å². The van der Waals surface area contributed by atoms with E-state index in [0.29, 0.717) is 11.4 Å². The predicted molar refractivity (Wildman–Crippen MR) is 226 cm³/mol. The highest BCUT2D eigenvalue weighted by molar-refractivity contribution is 6.15. The van der Waals surface area contributed by atoms with E-state index in [2.05, 4.69) is 141 Å². The van der Waals surface area contributed by atoms with E-state index < -0.39 is 0 Å². The molecule has 0 fully saturated rings. The summed E-state index contributed by atoms with van der Waals surface area (Å²) in [7, 11) is 0. The molecule has 0 saturated heterocycles. The van der Waals surface area contributed by atoms with E-state index in [-0.39, 0.29) is 11.2 Å². The van der Waals surface area contributed by atoms with Gasteiger partial charge in [-0.2, -0.15) is 0 Å². The Morgan fingerprint density at radius 3 is 2.18 bits per heavy atom. The summed E-state index contributed by atoms with van der Waals surface area (Å²) in [5, 5.41) is 15.6. The van der Waals surface area contributed by atoms with Gasteiger partial charge < -0.3 is 9.52 Å². The van der Waals surface area contributed by atoms with Gasteiger partial charge in [0.05, 0.1) is 34.2 Å². The van der Waals surface area contributed by atoms with Crippen LogP contribution in [0.3, 0.4) is 0 Å². The van der Waals surface area contributed by atoms with Crippen LogP contribution in [0, 0.1) is 0 Å². The number of benzene rings is 7. The smallest absolute Gasteiger partial charge is 0.153 e. The molecule has 1 N–H and O–H groups in total. The van der Waals surface area contributed by atoms with Crippen LogP contribution in [0.25, 0.3) is 94.3 Å². The molecule has 0 spiro atoms. The third kappa shape index (κ3) is 5.47. The molecule has 0 aliphatic rings. The lowest BCUT2D eigenvalue weighted by atomic mass is 9.85. The van der Waals surface area contributed by atoms with Crippen molar-refractivity contribution < 1.29 is 9.52 Å². The van der Waals surface area contributed by atoms with Gasteiger partial charge in [-0.25, -0.2) is 4.98 Å². The Morgan fingerprint density at radius 2 is 1.33 bits per heavy atom. The number of phenols is 1. The highest BCUT2D eigenvalue weighted by atomic mass is 16.3. The average Bonchev–Trinajstić information content (AvgIpc) is 3.79. The fourth-order valence-corrected chi connectivity index (χ4v) is 7.88. The fraction of sp³-hybridized carbons (Fsp3) is 0.0800. The van der Waals surface area contributed by atoms with Crippen LogP contribution < -0.4 is 0 Å². The molecule has 264 valence electrons. The number of hydrogen-bond acceptors (Lipinski definition) is 4. The molecular formula is C50H37N3O2. The Bertz CT molecular complexity index is 3090. The summed E-state index contributed by atoms with van der Waals surface area (Å²) in [6, 6.07) is 54.2. The van der Waals surface area contributed by atoms with Crippen molar-refractivity contribution in [3.63, 3.8) is 0 Å². The van der Waals surface area contributed by atoms with Gasteiger partial charge in [-0.3, -0.25) is 9.55 Å². The molecule has 5 heteroatoms. The van der Waals surface area contributed by atoms with Crippen molar-refractivity contribution in [3.05, 3.63) is 169 Å². The molecule has 55 heavy (non-hydrogen) atoms.